The number of hydrogen-bond acceptors (Lipinski definition) is 6. The number of aliphatic carboxylic acids is 2. The van der Waals surface area contributed by atoms with Gasteiger partial charge < -0.3 is 30.3 Å². The fourth-order valence-electron chi connectivity index (χ4n) is 4.24. The van der Waals surface area contributed by atoms with Gasteiger partial charge in [0, 0.05) is 31.6 Å². The second kappa shape index (κ2) is 18.9. The number of benzene rings is 4. The van der Waals surface area contributed by atoms with Crippen molar-refractivity contribution in [2.45, 2.75) is 32.5 Å². The molecular formula is C33H30Br4Cl2N2O6. The van der Waals surface area contributed by atoms with Gasteiger partial charge in [-0.1, -0.05) is 47.5 Å². The molecule has 0 aliphatic heterocycles. The van der Waals surface area contributed by atoms with Gasteiger partial charge in [0.05, 0.1) is 45.7 Å². The highest BCUT2D eigenvalue weighted by Crippen LogP contribution is 2.38. The molecule has 0 fully saturated rings. The Kier molecular flexibility index (Phi) is 15.7. The van der Waals surface area contributed by atoms with E-state index in [0.29, 0.717) is 55.7 Å². The summed E-state index contributed by atoms with van der Waals surface area (Å²) in [6.07, 6.45) is 0.502. The average Bonchev–Trinajstić information content (AvgIpc) is 3.00. The topological polar surface area (TPSA) is 117 Å². The van der Waals surface area contributed by atoms with Crippen LogP contribution in [0.5, 0.6) is 11.5 Å². The first-order valence-corrected chi connectivity index (χ1v) is 17.8. The predicted molar refractivity (Wildman–Crippen MR) is 202 cm³/mol. The number of aryl methyl sites for hydroxylation is 1. The van der Waals surface area contributed by atoms with Crippen LogP contribution in [-0.4, -0.2) is 36.2 Å². The summed E-state index contributed by atoms with van der Waals surface area (Å²) in [6.45, 7) is 0.615. The first-order valence-electron chi connectivity index (χ1n) is 13.9. The van der Waals surface area contributed by atoms with Crippen LogP contribution in [0.15, 0.2) is 78.6 Å². The van der Waals surface area contributed by atoms with Gasteiger partial charge in [0.25, 0.3) is 0 Å². The van der Waals surface area contributed by atoms with Gasteiger partial charge in [-0.25, -0.2) is 0 Å². The normalized spacial score (nSPS) is 10.5. The van der Waals surface area contributed by atoms with Crippen molar-refractivity contribution in [3.63, 3.8) is 0 Å². The van der Waals surface area contributed by atoms with E-state index in [9.17, 15) is 9.59 Å². The first kappa shape index (κ1) is 39.0. The van der Waals surface area contributed by atoms with Gasteiger partial charge in [-0.3, -0.25) is 9.59 Å². The van der Waals surface area contributed by atoms with Gasteiger partial charge in [-0.05, 0) is 118 Å². The number of halogens is 6. The smallest absolute Gasteiger partial charge is 0.307 e. The number of nitrogens with one attached hydrogen (secondary N) is 2. The molecule has 4 aromatic rings. The number of anilines is 2. The summed E-state index contributed by atoms with van der Waals surface area (Å²) in [5.41, 5.74) is 5.00. The SMILES string of the molecule is CNc1cccc(COc2c(Br)cc(CC(=O)O)cc2Br)c1Cl.CNc1cccc(COc2c(Br)cc(CCC(=O)O)cc2Br)c1Cl. The number of hydrogen-bond donors (Lipinski definition) is 4. The third-order valence-corrected chi connectivity index (χ3v) is 9.79. The lowest BCUT2D eigenvalue weighted by Gasteiger charge is -2.14. The van der Waals surface area contributed by atoms with Crippen LogP contribution in [0.4, 0.5) is 11.4 Å². The molecule has 4 N–H and O–H groups in total. The van der Waals surface area contributed by atoms with E-state index in [-0.39, 0.29) is 12.8 Å². The molecule has 0 spiro atoms. The maximum Gasteiger partial charge on any atom is 0.307 e. The molecule has 0 saturated carbocycles. The van der Waals surface area contributed by atoms with Crippen molar-refractivity contribution < 1.29 is 29.3 Å². The molecule has 250 valence electrons. The molecule has 0 aromatic heterocycles. The Morgan fingerprint density at radius 1 is 0.681 bits per heavy atom. The van der Waals surface area contributed by atoms with Gasteiger partial charge in [0.1, 0.15) is 24.7 Å². The fourth-order valence-corrected chi connectivity index (χ4v) is 7.81. The van der Waals surface area contributed by atoms with Crippen LogP contribution >= 0.6 is 86.9 Å². The second-order valence-corrected chi connectivity index (χ2v) is 14.0. The second-order valence-electron chi connectivity index (χ2n) is 9.88. The minimum Gasteiger partial charge on any atom is -0.486 e. The molecule has 0 radical (unpaired) electrons. The number of carboxylic acid groups (broad SMARTS) is 2. The van der Waals surface area contributed by atoms with Crippen molar-refractivity contribution in [2.75, 3.05) is 24.7 Å². The van der Waals surface area contributed by atoms with Gasteiger partial charge in [-0.2, -0.15) is 0 Å². The molecule has 4 rings (SSSR count). The van der Waals surface area contributed by atoms with E-state index in [2.05, 4.69) is 74.4 Å². The Hall–Kier alpha value is -2.48. The van der Waals surface area contributed by atoms with E-state index < -0.39 is 11.9 Å². The Morgan fingerprint density at radius 2 is 1.09 bits per heavy atom. The van der Waals surface area contributed by atoms with E-state index in [4.69, 9.17) is 42.9 Å². The minimum atomic E-state index is -0.881. The number of carboxylic acids is 2. The molecule has 0 aliphatic carbocycles. The lowest BCUT2D eigenvalue weighted by atomic mass is 10.1. The average molecular weight is 941 g/mol. The molecular weight excluding hydrogens is 911 g/mol. The van der Waals surface area contributed by atoms with Crippen molar-refractivity contribution in [2.24, 2.45) is 0 Å². The van der Waals surface area contributed by atoms with Gasteiger partial charge in [0.2, 0.25) is 0 Å². The van der Waals surface area contributed by atoms with Crippen LogP contribution in [0, 0.1) is 0 Å². The van der Waals surface area contributed by atoms with Crippen molar-refractivity contribution in [1.82, 2.24) is 0 Å². The molecule has 0 saturated heterocycles. The van der Waals surface area contributed by atoms with E-state index in [1.54, 1.807) is 19.2 Å². The highest BCUT2D eigenvalue weighted by Gasteiger charge is 2.14. The Labute approximate surface area is 316 Å². The maximum absolute atomic E-state index is 10.8. The standard InChI is InChI=1S/C17H16Br2ClNO3.C16H14Br2ClNO3/c1-21-14-4-2-3-11(16(14)20)9-24-17-12(18)7-10(8-13(17)19)5-6-15(22)23;1-20-13-4-2-3-10(15(13)19)8-23-16-11(17)5-9(6-12(16)18)7-14(21)22/h2-4,7-8,21H,5-6,9H2,1H3,(H,22,23);2-6,20H,7-8H2,1H3,(H,21,22). The van der Waals surface area contributed by atoms with Crippen molar-refractivity contribution >= 4 is 110 Å². The summed E-state index contributed by atoms with van der Waals surface area (Å²) in [5.74, 6) is -0.445. The summed E-state index contributed by atoms with van der Waals surface area (Å²) in [5, 5.41) is 24.9. The van der Waals surface area contributed by atoms with Gasteiger partial charge in [0.15, 0.2) is 0 Å². The molecule has 0 amide bonds. The largest absolute Gasteiger partial charge is 0.486 e. The van der Waals surface area contributed by atoms with E-state index in [0.717, 1.165) is 37.0 Å². The van der Waals surface area contributed by atoms with Crippen LogP contribution in [0.2, 0.25) is 10.0 Å². The van der Waals surface area contributed by atoms with Crippen LogP contribution in [0.3, 0.4) is 0 Å². The van der Waals surface area contributed by atoms with E-state index >= 15 is 0 Å². The van der Waals surface area contributed by atoms with Gasteiger partial charge in [-0.15, -0.1) is 0 Å². The van der Waals surface area contributed by atoms with Crippen LogP contribution in [0.1, 0.15) is 28.7 Å². The van der Waals surface area contributed by atoms with Crippen molar-refractivity contribution in [1.29, 1.82) is 0 Å². The zero-order chi connectivity index (χ0) is 34.7. The monoisotopic (exact) mass is 936 g/mol. The lowest BCUT2D eigenvalue weighted by molar-refractivity contribution is -0.137. The molecule has 0 heterocycles. The third-order valence-electron chi connectivity index (χ3n) is 6.54. The molecule has 47 heavy (non-hydrogen) atoms. The molecule has 14 heteroatoms. The number of ether oxygens (including phenoxy) is 2. The molecule has 4 aromatic carbocycles. The summed E-state index contributed by atoms with van der Waals surface area (Å²) < 4.78 is 14.6. The number of rotatable bonds is 13. The summed E-state index contributed by atoms with van der Waals surface area (Å²) in [4.78, 5) is 21.5. The summed E-state index contributed by atoms with van der Waals surface area (Å²) in [6, 6.07) is 18.6. The van der Waals surface area contributed by atoms with E-state index in [1.165, 1.54) is 0 Å². The Balaban J connectivity index is 0.000000256. The van der Waals surface area contributed by atoms with E-state index in [1.807, 2.05) is 55.6 Å². The minimum absolute atomic E-state index is 0.0481. The Morgan fingerprint density at radius 3 is 1.45 bits per heavy atom. The molecule has 0 bridgehead atoms. The highest BCUT2D eigenvalue weighted by atomic mass is 79.9. The van der Waals surface area contributed by atoms with Crippen LogP contribution in [-0.2, 0) is 35.6 Å². The Bertz CT molecular complexity index is 1700. The van der Waals surface area contributed by atoms with Crippen molar-refractivity contribution in [3.8, 4) is 11.5 Å². The molecule has 8 nitrogen and oxygen atoms in total. The van der Waals surface area contributed by atoms with Crippen molar-refractivity contribution in [3.05, 3.63) is 111 Å². The summed E-state index contributed by atoms with van der Waals surface area (Å²) >= 11 is 26.4. The zero-order valence-corrected chi connectivity index (χ0v) is 33.0. The fraction of sp³-hybridized carbons (Fsp3) is 0.212. The summed E-state index contributed by atoms with van der Waals surface area (Å²) in [7, 11) is 3.62. The lowest BCUT2D eigenvalue weighted by Crippen LogP contribution is -2.02. The van der Waals surface area contributed by atoms with Crippen LogP contribution in [0.25, 0.3) is 0 Å². The highest BCUT2D eigenvalue weighted by molar-refractivity contribution is 9.11. The van der Waals surface area contributed by atoms with Gasteiger partial charge >= 0.3 is 11.9 Å². The molecule has 0 atom stereocenters. The number of carbonyl (C=O) groups is 2. The predicted octanol–water partition coefficient (Wildman–Crippen LogP) is 10.6. The third kappa shape index (κ3) is 11.6. The first-order chi connectivity index (χ1) is 22.3. The maximum atomic E-state index is 10.8. The zero-order valence-electron chi connectivity index (χ0n) is 25.1. The quantitative estimate of drug-likeness (QED) is 0.105. The molecule has 0 aliphatic rings. The molecule has 0 unspecified atom stereocenters. The van der Waals surface area contributed by atoms with Crippen LogP contribution < -0.4 is 20.1 Å².